The van der Waals surface area contributed by atoms with Gasteiger partial charge < -0.3 is 14.4 Å². The van der Waals surface area contributed by atoms with Crippen LogP contribution in [-0.2, 0) is 0 Å². The number of nitrogens with zero attached hydrogens (tertiary/aromatic N) is 1. The van der Waals surface area contributed by atoms with E-state index in [1.165, 1.54) is 16.7 Å². The number of hydrogen-bond acceptors (Lipinski definition) is 3. The average Bonchev–Trinajstić information content (AvgIpc) is 3.23. The Morgan fingerprint density at radius 3 is 1.56 bits per heavy atom. The van der Waals surface area contributed by atoms with Gasteiger partial charge in [0.05, 0.1) is 11.1 Å². The van der Waals surface area contributed by atoms with E-state index in [0.29, 0.717) is 11.5 Å². The summed E-state index contributed by atoms with van der Waals surface area (Å²) in [5.74, 6) is 2.94. The number of fused-ring (bicyclic) bond motifs is 1. The van der Waals surface area contributed by atoms with Crippen molar-refractivity contribution >= 4 is 27.8 Å². The Bertz CT molecular complexity index is 2060. The molecule has 1 heterocycles. The quantitative estimate of drug-likeness (QED) is 0.212. The summed E-state index contributed by atoms with van der Waals surface area (Å²) >= 11 is 0. The fourth-order valence-electron chi connectivity index (χ4n) is 5.82. The van der Waals surface area contributed by atoms with Crippen molar-refractivity contribution in [3.8, 4) is 45.3 Å². The predicted molar refractivity (Wildman–Crippen MR) is 176 cm³/mol. The molecule has 0 atom stereocenters. The number of rotatable bonds is 5. The van der Waals surface area contributed by atoms with Gasteiger partial charge in [-0.3, -0.25) is 0 Å². The van der Waals surface area contributed by atoms with Crippen molar-refractivity contribution in [3.05, 3.63) is 164 Å². The lowest BCUT2D eigenvalue weighted by Crippen LogP contribution is -2.10. The SMILES string of the molecule is c1ccc(-c2ccc(N(c3cccc(-c4ccccc4)c3)c3ccc4c(c3)Oc3cccc5cccc(c35)O4)cc2)cc1. The minimum absolute atomic E-state index is 0.673. The van der Waals surface area contributed by atoms with Crippen LogP contribution in [0.15, 0.2) is 164 Å². The van der Waals surface area contributed by atoms with Crippen LogP contribution in [-0.4, -0.2) is 0 Å². The standard InChI is InChI=1S/C40H27NO2/c1-3-10-28(11-4-1)30-20-22-33(23-21-30)41(34-17-7-16-32(26-34)29-12-5-2-6-13-29)35-24-25-36-39(27-35)43-38-19-9-15-31-14-8-18-37(42-36)40(31)38/h1-27H. The number of anilines is 3. The minimum Gasteiger partial charge on any atom is -0.453 e. The van der Waals surface area contributed by atoms with Gasteiger partial charge in [-0.05, 0) is 76.2 Å². The highest BCUT2D eigenvalue weighted by molar-refractivity contribution is 5.95. The van der Waals surface area contributed by atoms with Crippen molar-refractivity contribution in [2.75, 3.05) is 4.90 Å². The largest absolute Gasteiger partial charge is 0.453 e. The number of ether oxygens (including phenoxy) is 2. The van der Waals surface area contributed by atoms with E-state index in [1.807, 2.05) is 42.5 Å². The van der Waals surface area contributed by atoms with Gasteiger partial charge >= 0.3 is 0 Å². The lowest BCUT2D eigenvalue weighted by Gasteiger charge is -2.27. The van der Waals surface area contributed by atoms with Gasteiger partial charge in [0.25, 0.3) is 0 Å². The van der Waals surface area contributed by atoms with Gasteiger partial charge in [-0.1, -0.05) is 109 Å². The maximum absolute atomic E-state index is 6.56. The monoisotopic (exact) mass is 553 g/mol. The zero-order valence-corrected chi connectivity index (χ0v) is 23.4. The summed E-state index contributed by atoms with van der Waals surface area (Å²) < 4.78 is 13.0. The molecule has 0 spiro atoms. The van der Waals surface area contributed by atoms with Crippen LogP contribution in [0.3, 0.4) is 0 Å². The predicted octanol–water partition coefficient (Wildman–Crippen LogP) is 11.5. The van der Waals surface area contributed by atoms with Crippen LogP contribution < -0.4 is 14.4 Å². The summed E-state index contributed by atoms with van der Waals surface area (Å²) in [7, 11) is 0. The Kier molecular flexibility index (Phi) is 6.12. The summed E-state index contributed by atoms with van der Waals surface area (Å²) in [6, 6.07) is 56.7. The summed E-state index contributed by atoms with van der Waals surface area (Å²) in [4.78, 5) is 2.27. The maximum Gasteiger partial charge on any atom is 0.172 e. The van der Waals surface area contributed by atoms with Gasteiger partial charge in [0.15, 0.2) is 11.5 Å². The third kappa shape index (κ3) is 4.67. The second-order valence-electron chi connectivity index (χ2n) is 10.6. The first kappa shape index (κ1) is 25.0. The molecule has 0 radical (unpaired) electrons. The van der Waals surface area contributed by atoms with Crippen molar-refractivity contribution in [2.24, 2.45) is 0 Å². The molecule has 0 amide bonds. The van der Waals surface area contributed by atoms with Gasteiger partial charge in [-0.2, -0.15) is 0 Å². The molecule has 204 valence electrons. The van der Waals surface area contributed by atoms with E-state index in [2.05, 4.69) is 126 Å². The van der Waals surface area contributed by atoms with Gasteiger partial charge in [-0.25, -0.2) is 0 Å². The van der Waals surface area contributed by atoms with Crippen molar-refractivity contribution in [2.45, 2.75) is 0 Å². The molecule has 8 rings (SSSR count). The van der Waals surface area contributed by atoms with Crippen LogP contribution >= 0.6 is 0 Å². The van der Waals surface area contributed by atoms with Crippen molar-refractivity contribution in [1.29, 1.82) is 0 Å². The topological polar surface area (TPSA) is 21.7 Å². The van der Waals surface area contributed by atoms with E-state index in [-0.39, 0.29) is 0 Å². The normalized spacial score (nSPS) is 11.6. The first-order valence-electron chi connectivity index (χ1n) is 14.4. The van der Waals surface area contributed by atoms with E-state index >= 15 is 0 Å². The highest BCUT2D eigenvalue weighted by Crippen LogP contribution is 2.48. The van der Waals surface area contributed by atoms with E-state index in [4.69, 9.17) is 9.47 Å². The molecule has 0 bridgehead atoms. The Hall–Kier alpha value is -5.80. The number of benzene rings is 7. The molecule has 3 nitrogen and oxygen atoms in total. The van der Waals surface area contributed by atoms with Crippen molar-refractivity contribution in [3.63, 3.8) is 0 Å². The molecule has 0 saturated carbocycles. The van der Waals surface area contributed by atoms with Crippen LogP contribution in [0.4, 0.5) is 17.1 Å². The smallest absolute Gasteiger partial charge is 0.172 e. The lowest BCUT2D eigenvalue weighted by atomic mass is 10.0. The van der Waals surface area contributed by atoms with Gasteiger partial charge in [-0.15, -0.1) is 0 Å². The Labute approximate surface area is 250 Å². The molecular weight excluding hydrogens is 526 g/mol. The highest BCUT2D eigenvalue weighted by atomic mass is 16.5. The molecule has 43 heavy (non-hydrogen) atoms. The van der Waals surface area contributed by atoms with Gasteiger partial charge in [0, 0.05) is 17.4 Å². The molecule has 1 aliphatic heterocycles. The Balaban J connectivity index is 1.25. The molecule has 0 unspecified atom stereocenters. The van der Waals surface area contributed by atoms with Crippen molar-refractivity contribution < 1.29 is 9.47 Å². The summed E-state index contributed by atoms with van der Waals surface area (Å²) in [5.41, 5.74) is 7.76. The van der Waals surface area contributed by atoms with E-state index in [0.717, 1.165) is 44.9 Å². The zero-order chi connectivity index (χ0) is 28.6. The van der Waals surface area contributed by atoms with Crippen molar-refractivity contribution in [1.82, 2.24) is 0 Å². The first-order valence-corrected chi connectivity index (χ1v) is 14.4. The fraction of sp³-hybridized carbons (Fsp3) is 0. The van der Waals surface area contributed by atoms with Gasteiger partial charge in [0.2, 0.25) is 0 Å². The number of hydrogen-bond donors (Lipinski definition) is 0. The van der Waals surface area contributed by atoms with Crippen LogP contribution in [0, 0.1) is 0 Å². The zero-order valence-electron chi connectivity index (χ0n) is 23.4. The van der Waals surface area contributed by atoms with Gasteiger partial charge in [0.1, 0.15) is 11.5 Å². The molecular formula is C40H27NO2. The fourth-order valence-corrected chi connectivity index (χ4v) is 5.82. The summed E-state index contributed by atoms with van der Waals surface area (Å²) in [5, 5.41) is 2.06. The average molecular weight is 554 g/mol. The molecule has 3 heteroatoms. The van der Waals surface area contributed by atoms with Crippen LogP contribution in [0.1, 0.15) is 0 Å². The third-order valence-electron chi connectivity index (χ3n) is 7.90. The van der Waals surface area contributed by atoms with E-state index in [9.17, 15) is 0 Å². The molecule has 0 aliphatic carbocycles. The molecule has 7 aromatic carbocycles. The van der Waals surface area contributed by atoms with Crippen LogP contribution in [0.25, 0.3) is 33.0 Å². The molecule has 7 aromatic rings. The molecule has 0 fully saturated rings. The highest BCUT2D eigenvalue weighted by Gasteiger charge is 2.21. The second-order valence-corrected chi connectivity index (χ2v) is 10.6. The summed E-state index contributed by atoms with van der Waals surface area (Å²) in [6.45, 7) is 0. The van der Waals surface area contributed by atoms with Crippen LogP contribution in [0.2, 0.25) is 0 Å². The maximum atomic E-state index is 6.56. The molecule has 0 aromatic heterocycles. The first-order chi connectivity index (χ1) is 21.3. The Morgan fingerprint density at radius 1 is 0.326 bits per heavy atom. The second kappa shape index (κ2) is 10.6. The molecule has 0 saturated heterocycles. The van der Waals surface area contributed by atoms with E-state index in [1.54, 1.807) is 0 Å². The molecule has 1 aliphatic rings. The minimum atomic E-state index is 0.673. The molecule has 0 N–H and O–H groups in total. The van der Waals surface area contributed by atoms with E-state index < -0.39 is 0 Å². The van der Waals surface area contributed by atoms with Crippen LogP contribution in [0.5, 0.6) is 23.0 Å². The Morgan fingerprint density at radius 2 is 0.860 bits per heavy atom. The third-order valence-corrected chi connectivity index (χ3v) is 7.90. The lowest BCUT2D eigenvalue weighted by molar-refractivity contribution is 0.439. The summed E-state index contributed by atoms with van der Waals surface area (Å²) in [6.07, 6.45) is 0.